The fourth-order valence-electron chi connectivity index (χ4n) is 3.19. The molecule has 0 aliphatic carbocycles. The predicted molar refractivity (Wildman–Crippen MR) is 87.2 cm³/mol. The number of nitrogens with zero attached hydrogens (tertiary/aromatic N) is 3. The number of rotatable bonds is 4. The number of amides is 1. The van der Waals surface area contributed by atoms with E-state index in [2.05, 4.69) is 42.2 Å². The van der Waals surface area contributed by atoms with Crippen LogP contribution in [0.3, 0.4) is 0 Å². The first kappa shape index (κ1) is 15.7. The fourth-order valence-corrected chi connectivity index (χ4v) is 3.19. The molecule has 1 atom stereocenters. The average Bonchev–Trinajstić information content (AvgIpc) is 3.14. The van der Waals surface area contributed by atoms with E-state index in [1.54, 1.807) is 0 Å². The van der Waals surface area contributed by atoms with E-state index < -0.39 is 0 Å². The van der Waals surface area contributed by atoms with Gasteiger partial charge >= 0.3 is 0 Å². The fraction of sp³-hybridized carbons (Fsp3) is 0.500. The zero-order chi connectivity index (χ0) is 16.4. The Balaban J connectivity index is 1.55. The van der Waals surface area contributed by atoms with Crippen LogP contribution in [-0.4, -0.2) is 34.0 Å². The summed E-state index contributed by atoms with van der Waals surface area (Å²) in [4.78, 5) is 18.6. The van der Waals surface area contributed by atoms with E-state index in [0.29, 0.717) is 24.7 Å². The van der Waals surface area contributed by atoms with Crippen molar-refractivity contribution in [1.82, 2.24) is 15.0 Å². The van der Waals surface area contributed by atoms with Crippen LogP contribution in [0.1, 0.15) is 47.2 Å². The highest BCUT2D eigenvalue weighted by atomic mass is 16.5. The summed E-state index contributed by atoms with van der Waals surface area (Å²) in [5.41, 5.74) is 3.78. The molecule has 1 aromatic heterocycles. The summed E-state index contributed by atoms with van der Waals surface area (Å²) in [7, 11) is 0. The summed E-state index contributed by atoms with van der Waals surface area (Å²) < 4.78 is 5.23. The topological polar surface area (TPSA) is 59.2 Å². The Labute approximate surface area is 136 Å². The first-order valence-electron chi connectivity index (χ1n) is 8.17. The number of carbonyl (C=O) groups excluding carboxylic acids is 1. The highest BCUT2D eigenvalue weighted by Crippen LogP contribution is 2.26. The van der Waals surface area contributed by atoms with Crippen molar-refractivity contribution in [3.8, 4) is 0 Å². The maximum Gasteiger partial charge on any atom is 0.231 e. The van der Waals surface area contributed by atoms with E-state index in [1.165, 1.54) is 16.7 Å². The normalized spacial score (nSPS) is 17.7. The minimum atomic E-state index is 0.182. The van der Waals surface area contributed by atoms with Crippen LogP contribution in [0.15, 0.2) is 22.7 Å². The van der Waals surface area contributed by atoms with Crippen molar-refractivity contribution in [2.75, 3.05) is 13.1 Å². The molecule has 1 aromatic carbocycles. The number of carbonyl (C=O) groups is 1. The molecule has 122 valence electrons. The molecule has 2 aromatic rings. The lowest BCUT2D eigenvalue weighted by Gasteiger charge is -2.16. The van der Waals surface area contributed by atoms with Crippen LogP contribution >= 0.6 is 0 Å². The second-order valence-corrected chi connectivity index (χ2v) is 6.44. The first-order chi connectivity index (χ1) is 11.0. The van der Waals surface area contributed by atoms with Gasteiger partial charge in [0.1, 0.15) is 0 Å². The number of hydrogen-bond acceptors (Lipinski definition) is 4. The molecule has 0 spiro atoms. The minimum absolute atomic E-state index is 0.182. The monoisotopic (exact) mass is 313 g/mol. The Hall–Kier alpha value is -2.17. The van der Waals surface area contributed by atoms with Crippen molar-refractivity contribution >= 4 is 5.91 Å². The number of aromatic nitrogens is 2. The van der Waals surface area contributed by atoms with Gasteiger partial charge in [0.25, 0.3) is 0 Å². The summed E-state index contributed by atoms with van der Waals surface area (Å²) >= 11 is 0. The van der Waals surface area contributed by atoms with E-state index in [9.17, 15) is 4.79 Å². The van der Waals surface area contributed by atoms with Crippen LogP contribution in [0, 0.1) is 20.8 Å². The van der Waals surface area contributed by atoms with Crippen molar-refractivity contribution in [2.24, 2.45) is 0 Å². The van der Waals surface area contributed by atoms with Gasteiger partial charge in [0.2, 0.25) is 11.8 Å². The molecule has 0 unspecified atom stereocenters. The van der Waals surface area contributed by atoms with Crippen molar-refractivity contribution < 1.29 is 9.32 Å². The Morgan fingerprint density at radius 2 is 2.17 bits per heavy atom. The standard InChI is InChI=1S/C18H23N3O2/c1-12-4-5-15(13(2)10-12)6-7-17(22)21-9-8-16(11-21)18-19-14(3)20-23-18/h4-5,10,16H,6-9,11H2,1-3H3/t16-/m1/s1. The van der Waals surface area contributed by atoms with Crippen LogP contribution in [0.5, 0.6) is 0 Å². The highest BCUT2D eigenvalue weighted by molar-refractivity contribution is 5.76. The van der Waals surface area contributed by atoms with E-state index in [4.69, 9.17) is 4.52 Å². The smallest absolute Gasteiger partial charge is 0.231 e. The molecule has 1 saturated heterocycles. The van der Waals surface area contributed by atoms with Gasteiger partial charge in [-0.25, -0.2) is 0 Å². The third-order valence-electron chi connectivity index (χ3n) is 4.54. The van der Waals surface area contributed by atoms with Crippen LogP contribution in [0.2, 0.25) is 0 Å². The zero-order valence-corrected chi connectivity index (χ0v) is 14.0. The third kappa shape index (κ3) is 3.60. The van der Waals surface area contributed by atoms with E-state index in [0.717, 1.165) is 19.4 Å². The molecule has 5 nitrogen and oxygen atoms in total. The predicted octanol–water partition coefficient (Wildman–Crippen LogP) is 2.94. The number of hydrogen-bond donors (Lipinski definition) is 0. The number of aryl methyl sites for hydroxylation is 4. The number of benzene rings is 1. The molecule has 1 amide bonds. The molecule has 23 heavy (non-hydrogen) atoms. The van der Waals surface area contributed by atoms with Gasteiger partial charge in [-0.15, -0.1) is 0 Å². The van der Waals surface area contributed by atoms with Gasteiger partial charge < -0.3 is 9.42 Å². The van der Waals surface area contributed by atoms with Crippen LogP contribution in [0.25, 0.3) is 0 Å². The zero-order valence-electron chi connectivity index (χ0n) is 14.0. The number of likely N-dealkylation sites (tertiary alicyclic amines) is 1. The Kier molecular flexibility index (Phi) is 4.46. The van der Waals surface area contributed by atoms with Gasteiger partial charge in [0, 0.05) is 19.5 Å². The van der Waals surface area contributed by atoms with Gasteiger partial charge in [0.15, 0.2) is 5.82 Å². The van der Waals surface area contributed by atoms with Gasteiger partial charge in [-0.05, 0) is 44.7 Å². The molecule has 3 rings (SSSR count). The van der Waals surface area contributed by atoms with Crippen LogP contribution in [-0.2, 0) is 11.2 Å². The van der Waals surface area contributed by atoms with Gasteiger partial charge in [-0.3, -0.25) is 4.79 Å². The first-order valence-corrected chi connectivity index (χ1v) is 8.17. The van der Waals surface area contributed by atoms with E-state index in [-0.39, 0.29) is 11.8 Å². The van der Waals surface area contributed by atoms with Crippen molar-refractivity contribution in [2.45, 2.75) is 46.0 Å². The largest absolute Gasteiger partial charge is 0.342 e. The maximum atomic E-state index is 12.4. The second-order valence-electron chi connectivity index (χ2n) is 6.44. The van der Waals surface area contributed by atoms with Crippen LogP contribution < -0.4 is 0 Å². The quantitative estimate of drug-likeness (QED) is 0.871. The summed E-state index contributed by atoms with van der Waals surface area (Å²) in [6.45, 7) is 7.47. The molecular weight excluding hydrogens is 290 g/mol. The Morgan fingerprint density at radius 1 is 1.35 bits per heavy atom. The molecule has 2 heterocycles. The third-order valence-corrected chi connectivity index (χ3v) is 4.54. The molecular formula is C18H23N3O2. The summed E-state index contributed by atoms with van der Waals surface area (Å²) in [5, 5.41) is 3.83. The molecule has 5 heteroatoms. The lowest BCUT2D eigenvalue weighted by Crippen LogP contribution is -2.28. The molecule has 1 fully saturated rings. The van der Waals surface area contributed by atoms with Gasteiger partial charge in [0.05, 0.1) is 5.92 Å². The summed E-state index contributed by atoms with van der Waals surface area (Å²) in [6.07, 6.45) is 2.25. The van der Waals surface area contributed by atoms with Crippen LogP contribution in [0.4, 0.5) is 0 Å². The molecule has 1 aliphatic heterocycles. The van der Waals surface area contributed by atoms with Gasteiger partial charge in [-0.1, -0.05) is 28.9 Å². The van der Waals surface area contributed by atoms with Crippen molar-refractivity contribution in [3.05, 3.63) is 46.6 Å². The molecule has 1 aliphatic rings. The van der Waals surface area contributed by atoms with E-state index >= 15 is 0 Å². The lowest BCUT2D eigenvalue weighted by atomic mass is 10.0. The Bertz CT molecular complexity index is 708. The molecule has 0 saturated carbocycles. The Morgan fingerprint density at radius 3 is 2.87 bits per heavy atom. The average molecular weight is 313 g/mol. The maximum absolute atomic E-state index is 12.4. The minimum Gasteiger partial charge on any atom is -0.342 e. The molecule has 0 bridgehead atoms. The summed E-state index contributed by atoms with van der Waals surface area (Å²) in [5.74, 6) is 1.71. The lowest BCUT2D eigenvalue weighted by molar-refractivity contribution is -0.130. The highest BCUT2D eigenvalue weighted by Gasteiger charge is 2.30. The summed E-state index contributed by atoms with van der Waals surface area (Å²) in [6, 6.07) is 6.41. The SMILES string of the molecule is Cc1ccc(CCC(=O)N2CC[C@@H](c3nc(C)no3)C2)c(C)c1. The second kappa shape index (κ2) is 6.52. The van der Waals surface area contributed by atoms with Crippen molar-refractivity contribution in [1.29, 1.82) is 0 Å². The van der Waals surface area contributed by atoms with Gasteiger partial charge in [-0.2, -0.15) is 4.98 Å². The molecule has 0 N–H and O–H groups in total. The van der Waals surface area contributed by atoms with Crippen molar-refractivity contribution in [3.63, 3.8) is 0 Å². The molecule has 0 radical (unpaired) electrons. The van der Waals surface area contributed by atoms with E-state index in [1.807, 2.05) is 11.8 Å².